The third-order valence-corrected chi connectivity index (χ3v) is 11.4. The Hall–Kier alpha value is -0.890. The quantitative estimate of drug-likeness (QED) is 0.459. The Morgan fingerprint density at radius 2 is 1.88 bits per heavy atom. The Bertz CT molecular complexity index is 830. The largest absolute Gasteiger partial charge is 0.393 e. The number of rotatable bonds is 4. The SMILES string of the molecule is CC(C)=CCC[C@@H](C)[C@@H]1[C@@H](O)C[C@]2(C)C3=CCC4C(C)(C)C(=O)CC[C@]4(C)[C@H]3CC[C@@]12C. The molecule has 3 fully saturated rings. The molecule has 4 aliphatic rings. The van der Waals surface area contributed by atoms with Crippen LogP contribution in [0.2, 0.25) is 0 Å². The molecule has 0 spiro atoms. The summed E-state index contributed by atoms with van der Waals surface area (Å²) in [7, 11) is 0. The van der Waals surface area contributed by atoms with Crippen LogP contribution < -0.4 is 0 Å². The van der Waals surface area contributed by atoms with Crippen molar-refractivity contribution in [3.8, 4) is 0 Å². The van der Waals surface area contributed by atoms with E-state index in [9.17, 15) is 9.90 Å². The van der Waals surface area contributed by atoms with Crippen molar-refractivity contribution in [2.45, 2.75) is 113 Å². The van der Waals surface area contributed by atoms with Gasteiger partial charge in [0.05, 0.1) is 6.10 Å². The van der Waals surface area contributed by atoms with Crippen molar-refractivity contribution in [1.29, 1.82) is 0 Å². The number of aliphatic hydroxyl groups excluding tert-OH is 1. The molecule has 0 aliphatic heterocycles. The normalized spacial score (nSPS) is 45.9. The molecular formula is C30H48O2. The molecule has 3 saturated carbocycles. The Labute approximate surface area is 197 Å². The summed E-state index contributed by atoms with van der Waals surface area (Å²) in [6.45, 7) is 18.6. The predicted octanol–water partition coefficient (Wildman–Crippen LogP) is 7.51. The Kier molecular flexibility index (Phi) is 5.93. The number of carbonyl (C=O) groups excluding carboxylic acids is 1. The van der Waals surface area contributed by atoms with E-state index in [1.807, 2.05) is 0 Å². The standard InChI is InChI=1S/C30H48O2/c1-19(2)10-9-11-20(3)26-23(31)18-30(8)22-12-13-24-27(4,5)25(32)15-16-28(24,6)21(22)14-17-29(26,30)7/h10,12,20-21,23-24,26,31H,9,11,13-18H2,1-8H3/t20-,21+,23+,24?,26-,28-,29+,30-/m1/s1. The van der Waals surface area contributed by atoms with Gasteiger partial charge >= 0.3 is 0 Å². The van der Waals surface area contributed by atoms with Crippen LogP contribution in [-0.4, -0.2) is 17.0 Å². The minimum absolute atomic E-state index is 0.0738. The van der Waals surface area contributed by atoms with Crippen molar-refractivity contribution in [2.24, 2.45) is 45.3 Å². The summed E-state index contributed by atoms with van der Waals surface area (Å²) in [5.41, 5.74) is 3.27. The number of allylic oxidation sites excluding steroid dienone is 4. The van der Waals surface area contributed by atoms with Crippen LogP contribution in [0.4, 0.5) is 0 Å². The maximum absolute atomic E-state index is 12.8. The molecule has 0 saturated heterocycles. The summed E-state index contributed by atoms with van der Waals surface area (Å²) in [6, 6.07) is 0. The highest BCUT2D eigenvalue weighted by Crippen LogP contribution is 2.73. The lowest BCUT2D eigenvalue weighted by Gasteiger charge is -2.63. The molecule has 1 unspecified atom stereocenters. The van der Waals surface area contributed by atoms with Gasteiger partial charge in [0.2, 0.25) is 0 Å². The first-order valence-corrected chi connectivity index (χ1v) is 13.3. The van der Waals surface area contributed by atoms with Crippen LogP contribution in [0.3, 0.4) is 0 Å². The number of Topliss-reactive ketones (excluding diaryl/α,β-unsaturated/α-hetero) is 1. The maximum atomic E-state index is 12.8. The first kappa shape index (κ1) is 24.2. The highest BCUT2D eigenvalue weighted by molar-refractivity contribution is 5.85. The van der Waals surface area contributed by atoms with Crippen LogP contribution in [-0.2, 0) is 4.79 Å². The van der Waals surface area contributed by atoms with Gasteiger partial charge in [-0.15, -0.1) is 0 Å². The van der Waals surface area contributed by atoms with Crippen molar-refractivity contribution in [1.82, 2.24) is 0 Å². The van der Waals surface area contributed by atoms with Crippen molar-refractivity contribution in [2.75, 3.05) is 0 Å². The summed E-state index contributed by atoms with van der Waals surface area (Å²) in [5, 5.41) is 11.4. The molecule has 0 aromatic carbocycles. The van der Waals surface area contributed by atoms with Crippen LogP contribution in [0.15, 0.2) is 23.3 Å². The number of fused-ring (bicyclic) bond motifs is 5. The second kappa shape index (κ2) is 7.82. The van der Waals surface area contributed by atoms with Crippen LogP contribution in [0.25, 0.3) is 0 Å². The zero-order valence-corrected chi connectivity index (χ0v) is 22.1. The third kappa shape index (κ3) is 3.25. The molecule has 8 atom stereocenters. The van der Waals surface area contributed by atoms with Crippen molar-refractivity contribution in [3.05, 3.63) is 23.3 Å². The zero-order chi connectivity index (χ0) is 23.7. The molecule has 0 aromatic rings. The molecule has 1 N–H and O–H groups in total. The van der Waals surface area contributed by atoms with Crippen molar-refractivity contribution < 1.29 is 9.90 Å². The highest BCUT2D eigenvalue weighted by atomic mass is 16.3. The van der Waals surface area contributed by atoms with Gasteiger partial charge in [0, 0.05) is 11.8 Å². The smallest absolute Gasteiger partial charge is 0.138 e. The van der Waals surface area contributed by atoms with Gasteiger partial charge in [0.25, 0.3) is 0 Å². The predicted molar refractivity (Wildman–Crippen MR) is 133 cm³/mol. The summed E-state index contributed by atoms with van der Waals surface area (Å²) < 4.78 is 0. The average molecular weight is 441 g/mol. The lowest BCUT2D eigenvalue weighted by Crippen LogP contribution is -2.57. The van der Waals surface area contributed by atoms with Gasteiger partial charge in [-0.3, -0.25) is 4.79 Å². The molecule has 0 aromatic heterocycles. The fourth-order valence-electron chi connectivity index (χ4n) is 9.44. The summed E-state index contributed by atoms with van der Waals surface area (Å²) >= 11 is 0. The van der Waals surface area contributed by atoms with Crippen molar-refractivity contribution in [3.63, 3.8) is 0 Å². The van der Waals surface area contributed by atoms with Crippen LogP contribution in [0.1, 0.15) is 107 Å². The van der Waals surface area contributed by atoms with Crippen LogP contribution in [0, 0.1) is 45.3 Å². The minimum atomic E-state index is -0.214. The first-order valence-electron chi connectivity index (χ1n) is 13.3. The van der Waals surface area contributed by atoms with Gasteiger partial charge in [-0.05, 0) is 98.7 Å². The van der Waals surface area contributed by atoms with E-state index in [1.54, 1.807) is 5.57 Å². The molecule has 4 rings (SSSR count). The van der Waals surface area contributed by atoms with Crippen LogP contribution >= 0.6 is 0 Å². The number of hydrogen-bond acceptors (Lipinski definition) is 2. The molecular weight excluding hydrogens is 392 g/mol. The number of aliphatic hydroxyl groups is 1. The molecule has 0 bridgehead atoms. The Morgan fingerprint density at radius 1 is 1.19 bits per heavy atom. The van der Waals surface area contributed by atoms with E-state index in [-0.39, 0.29) is 27.8 Å². The average Bonchev–Trinajstić information content (AvgIpc) is 2.90. The van der Waals surface area contributed by atoms with E-state index in [2.05, 4.69) is 67.5 Å². The van der Waals surface area contributed by atoms with Gasteiger partial charge in [0.1, 0.15) is 5.78 Å². The van der Waals surface area contributed by atoms with E-state index < -0.39 is 0 Å². The lowest BCUT2D eigenvalue weighted by atomic mass is 9.41. The van der Waals surface area contributed by atoms with Crippen molar-refractivity contribution >= 4 is 5.78 Å². The highest BCUT2D eigenvalue weighted by Gasteiger charge is 2.67. The Balaban J connectivity index is 1.67. The molecule has 0 heterocycles. The first-order chi connectivity index (χ1) is 14.8. The monoisotopic (exact) mass is 440 g/mol. The van der Waals surface area contributed by atoms with Gasteiger partial charge in [0.15, 0.2) is 0 Å². The number of ketones is 1. The van der Waals surface area contributed by atoms with E-state index >= 15 is 0 Å². The minimum Gasteiger partial charge on any atom is -0.393 e. The van der Waals surface area contributed by atoms with Gasteiger partial charge in [-0.25, -0.2) is 0 Å². The molecule has 0 amide bonds. The van der Waals surface area contributed by atoms with E-state index in [0.717, 1.165) is 38.5 Å². The zero-order valence-electron chi connectivity index (χ0n) is 22.1. The Morgan fingerprint density at radius 3 is 2.53 bits per heavy atom. The molecule has 2 heteroatoms. The van der Waals surface area contributed by atoms with Gasteiger partial charge in [-0.1, -0.05) is 64.8 Å². The fraction of sp³-hybridized carbons (Fsp3) is 0.833. The van der Waals surface area contributed by atoms with E-state index in [0.29, 0.717) is 29.5 Å². The molecule has 2 nitrogen and oxygen atoms in total. The second-order valence-electron chi connectivity index (χ2n) is 13.6. The lowest BCUT2D eigenvalue weighted by molar-refractivity contribution is -0.146. The number of hydrogen-bond donors (Lipinski definition) is 1. The maximum Gasteiger partial charge on any atom is 0.138 e. The number of carbonyl (C=O) groups is 1. The van der Waals surface area contributed by atoms with E-state index in [4.69, 9.17) is 0 Å². The molecule has 180 valence electrons. The van der Waals surface area contributed by atoms with Gasteiger partial charge in [-0.2, -0.15) is 0 Å². The van der Waals surface area contributed by atoms with E-state index in [1.165, 1.54) is 18.4 Å². The summed E-state index contributed by atoms with van der Waals surface area (Å²) in [5.74, 6) is 2.38. The summed E-state index contributed by atoms with van der Waals surface area (Å²) in [6.07, 6.45) is 13.1. The second-order valence-corrected chi connectivity index (χ2v) is 13.6. The molecule has 0 radical (unpaired) electrons. The fourth-order valence-corrected chi connectivity index (χ4v) is 9.44. The topological polar surface area (TPSA) is 37.3 Å². The van der Waals surface area contributed by atoms with Gasteiger partial charge < -0.3 is 5.11 Å². The van der Waals surface area contributed by atoms with Crippen LogP contribution in [0.5, 0.6) is 0 Å². The molecule has 4 aliphatic carbocycles. The summed E-state index contributed by atoms with van der Waals surface area (Å²) in [4.78, 5) is 12.8. The third-order valence-electron chi connectivity index (χ3n) is 11.4. The molecule has 32 heavy (non-hydrogen) atoms.